The number of aromatic amines is 1. The number of aromatic nitrogens is 1. The molecule has 6 nitrogen and oxygen atoms in total. The molecule has 0 saturated carbocycles. The molecule has 0 atom stereocenters. The number of hydrogen-bond acceptors (Lipinski definition) is 4. The van der Waals surface area contributed by atoms with Crippen LogP contribution in [0.5, 0.6) is 0 Å². The molecule has 0 aliphatic carbocycles. The first kappa shape index (κ1) is 9.19. The second-order valence-corrected chi connectivity index (χ2v) is 3.74. The van der Waals surface area contributed by atoms with Crippen molar-refractivity contribution in [3.8, 4) is 0 Å². The van der Waals surface area contributed by atoms with E-state index in [1.165, 1.54) is 12.1 Å². The maximum atomic E-state index is 10.8. The van der Waals surface area contributed by atoms with Gasteiger partial charge >= 0.3 is 5.76 Å². The van der Waals surface area contributed by atoms with Gasteiger partial charge in [0.15, 0.2) is 5.58 Å². The average Bonchev–Trinajstić information content (AvgIpc) is 2.45. The van der Waals surface area contributed by atoms with Crippen molar-refractivity contribution in [3.05, 3.63) is 36.4 Å². The van der Waals surface area contributed by atoms with Gasteiger partial charge < -0.3 is 4.42 Å². The van der Waals surface area contributed by atoms with Crippen LogP contribution < -0.4 is 5.76 Å². The Bertz CT molecular complexity index is 571. The first-order valence-electron chi connectivity index (χ1n) is 3.54. The van der Waals surface area contributed by atoms with E-state index in [1.807, 2.05) is 22.6 Å². The minimum absolute atomic E-state index is 0.0704. The van der Waals surface area contributed by atoms with Crippen LogP contribution in [0.15, 0.2) is 21.3 Å². The van der Waals surface area contributed by atoms with Crippen LogP contribution >= 0.6 is 22.6 Å². The molecule has 1 heterocycles. The highest BCUT2D eigenvalue weighted by molar-refractivity contribution is 14.1. The predicted molar refractivity (Wildman–Crippen MR) is 56.2 cm³/mol. The highest BCUT2D eigenvalue weighted by atomic mass is 127. The molecular formula is C7H3IN2O4. The van der Waals surface area contributed by atoms with Crippen molar-refractivity contribution in [3.63, 3.8) is 0 Å². The number of hydrogen-bond donors (Lipinski definition) is 1. The molecule has 0 radical (unpaired) electrons. The van der Waals surface area contributed by atoms with Crippen LogP contribution in [-0.4, -0.2) is 9.91 Å². The Labute approximate surface area is 90.2 Å². The van der Waals surface area contributed by atoms with E-state index in [4.69, 9.17) is 4.42 Å². The Kier molecular flexibility index (Phi) is 2.02. The normalized spacial score (nSPS) is 10.6. The van der Waals surface area contributed by atoms with E-state index in [-0.39, 0.29) is 5.69 Å². The summed E-state index contributed by atoms with van der Waals surface area (Å²) in [5.74, 6) is -0.613. The van der Waals surface area contributed by atoms with E-state index >= 15 is 0 Å². The van der Waals surface area contributed by atoms with Crippen LogP contribution in [0.25, 0.3) is 11.1 Å². The Hall–Kier alpha value is -1.38. The van der Waals surface area contributed by atoms with E-state index in [0.717, 1.165) is 0 Å². The van der Waals surface area contributed by atoms with Gasteiger partial charge in [-0.15, -0.1) is 0 Å². The van der Waals surface area contributed by atoms with Crippen molar-refractivity contribution in [1.82, 2.24) is 4.98 Å². The molecule has 0 amide bonds. The summed E-state index contributed by atoms with van der Waals surface area (Å²) in [6.07, 6.45) is 0. The number of halogens is 1. The van der Waals surface area contributed by atoms with Gasteiger partial charge in [-0.2, -0.15) is 0 Å². The lowest BCUT2D eigenvalue weighted by molar-refractivity contribution is -0.384. The lowest BCUT2D eigenvalue weighted by Gasteiger charge is -1.92. The second kappa shape index (κ2) is 3.08. The summed E-state index contributed by atoms with van der Waals surface area (Å²) >= 11 is 1.87. The van der Waals surface area contributed by atoms with Gasteiger partial charge in [-0.05, 0) is 22.6 Å². The molecule has 72 valence electrons. The number of nitro groups is 1. The summed E-state index contributed by atoms with van der Waals surface area (Å²) < 4.78 is 5.32. The Balaban J connectivity index is 2.84. The van der Waals surface area contributed by atoms with Crippen molar-refractivity contribution in [2.24, 2.45) is 0 Å². The molecular weight excluding hydrogens is 303 g/mol. The summed E-state index contributed by atoms with van der Waals surface area (Å²) in [4.78, 5) is 23.2. The van der Waals surface area contributed by atoms with Gasteiger partial charge in [-0.25, -0.2) is 4.79 Å². The van der Waals surface area contributed by atoms with Crippen LogP contribution in [0, 0.1) is 13.7 Å². The fourth-order valence-corrected chi connectivity index (χ4v) is 1.83. The number of benzene rings is 1. The van der Waals surface area contributed by atoms with E-state index < -0.39 is 10.7 Å². The highest BCUT2D eigenvalue weighted by Crippen LogP contribution is 2.24. The number of fused-ring (bicyclic) bond motifs is 1. The number of non-ortho nitro benzene ring substituents is 1. The molecule has 2 rings (SSSR count). The van der Waals surface area contributed by atoms with Crippen LogP contribution in [0.2, 0.25) is 0 Å². The monoisotopic (exact) mass is 306 g/mol. The molecule has 1 N–H and O–H groups in total. The molecule has 0 fully saturated rings. The summed E-state index contributed by atoms with van der Waals surface area (Å²) in [5, 5.41) is 10.5. The van der Waals surface area contributed by atoms with E-state index in [0.29, 0.717) is 14.7 Å². The zero-order valence-corrected chi connectivity index (χ0v) is 8.77. The number of nitrogens with zero attached hydrogens (tertiary/aromatic N) is 1. The van der Waals surface area contributed by atoms with Gasteiger partial charge in [0.05, 0.1) is 14.0 Å². The van der Waals surface area contributed by atoms with Crippen LogP contribution in [0.1, 0.15) is 0 Å². The minimum atomic E-state index is -0.613. The van der Waals surface area contributed by atoms with E-state index in [1.54, 1.807) is 0 Å². The summed E-state index contributed by atoms with van der Waals surface area (Å²) in [5.41, 5.74) is 0.619. The van der Waals surface area contributed by atoms with Gasteiger partial charge in [-0.1, -0.05) is 0 Å². The third-order valence-electron chi connectivity index (χ3n) is 1.67. The molecule has 0 aliphatic heterocycles. The number of H-pyrrole nitrogens is 1. The van der Waals surface area contributed by atoms with Crippen molar-refractivity contribution < 1.29 is 9.34 Å². The first-order valence-corrected chi connectivity index (χ1v) is 4.62. The lowest BCUT2D eigenvalue weighted by Crippen LogP contribution is -1.93. The van der Waals surface area contributed by atoms with Crippen molar-refractivity contribution in [2.75, 3.05) is 0 Å². The van der Waals surface area contributed by atoms with Gasteiger partial charge in [-0.3, -0.25) is 15.1 Å². The van der Waals surface area contributed by atoms with Crippen molar-refractivity contribution >= 4 is 39.4 Å². The number of nitro benzene ring substituents is 1. The summed E-state index contributed by atoms with van der Waals surface area (Å²) in [6.45, 7) is 0. The molecule has 2 aromatic rings. The van der Waals surface area contributed by atoms with Crippen LogP contribution in [0.4, 0.5) is 5.69 Å². The number of nitrogens with one attached hydrogen (secondary N) is 1. The smallest absolute Gasteiger partial charge is 0.407 e. The van der Waals surface area contributed by atoms with E-state index in [2.05, 4.69) is 4.98 Å². The minimum Gasteiger partial charge on any atom is -0.407 e. The van der Waals surface area contributed by atoms with E-state index in [9.17, 15) is 14.9 Å². The fraction of sp³-hybridized carbons (Fsp3) is 0. The molecule has 0 aliphatic rings. The molecule has 7 heteroatoms. The summed E-state index contributed by atoms with van der Waals surface area (Å²) in [6, 6.07) is 2.61. The second-order valence-electron chi connectivity index (χ2n) is 2.58. The summed E-state index contributed by atoms with van der Waals surface area (Å²) in [7, 11) is 0. The standard InChI is InChI=1S/C7H3IN2O4/c8-4-1-3(10(12)13)2-5-6(4)14-7(11)9-5/h1-2H,(H,9,11). The molecule has 0 saturated heterocycles. The maximum Gasteiger partial charge on any atom is 0.417 e. The maximum absolute atomic E-state index is 10.8. The lowest BCUT2D eigenvalue weighted by atomic mass is 10.3. The molecule has 1 aromatic heterocycles. The number of oxazole rings is 1. The molecule has 1 aromatic carbocycles. The Morgan fingerprint density at radius 2 is 2.21 bits per heavy atom. The first-order chi connectivity index (χ1) is 6.58. The SMILES string of the molecule is O=c1[nH]c2cc([N+](=O)[O-])cc(I)c2o1. The van der Waals surface area contributed by atoms with Crippen LogP contribution in [0.3, 0.4) is 0 Å². The third kappa shape index (κ3) is 1.39. The van der Waals surface area contributed by atoms with Crippen molar-refractivity contribution in [2.45, 2.75) is 0 Å². The topological polar surface area (TPSA) is 89.1 Å². The average molecular weight is 306 g/mol. The highest BCUT2D eigenvalue weighted by Gasteiger charge is 2.13. The van der Waals surface area contributed by atoms with Gasteiger partial charge in [0.25, 0.3) is 5.69 Å². The zero-order valence-electron chi connectivity index (χ0n) is 6.61. The third-order valence-corrected chi connectivity index (χ3v) is 2.47. The van der Waals surface area contributed by atoms with Gasteiger partial charge in [0.2, 0.25) is 0 Å². The molecule has 0 bridgehead atoms. The molecule has 0 unspecified atom stereocenters. The van der Waals surface area contributed by atoms with Gasteiger partial charge in [0, 0.05) is 12.1 Å². The van der Waals surface area contributed by atoms with Crippen LogP contribution in [-0.2, 0) is 0 Å². The molecule has 0 spiro atoms. The van der Waals surface area contributed by atoms with Crippen molar-refractivity contribution in [1.29, 1.82) is 0 Å². The quantitative estimate of drug-likeness (QED) is 0.492. The molecule has 14 heavy (non-hydrogen) atoms. The number of rotatable bonds is 1. The zero-order chi connectivity index (χ0) is 10.3. The predicted octanol–water partition coefficient (Wildman–Crippen LogP) is 1.63. The Morgan fingerprint density at radius 1 is 1.50 bits per heavy atom. The largest absolute Gasteiger partial charge is 0.417 e. The van der Waals surface area contributed by atoms with Gasteiger partial charge in [0.1, 0.15) is 0 Å². The fourth-order valence-electron chi connectivity index (χ4n) is 1.11. The Morgan fingerprint density at radius 3 is 2.86 bits per heavy atom.